The predicted molar refractivity (Wildman–Crippen MR) is 99.6 cm³/mol. The number of carbonyl (C=O) groups is 1. The van der Waals surface area contributed by atoms with Crippen LogP contribution in [0.4, 0.5) is 18.9 Å². The van der Waals surface area contributed by atoms with Crippen molar-refractivity contribution >= 4 is 21.6 Å². The van der Waals surface area contributed by atoms with Crippen molar-refractivity contribution in [2.45, 2.75) is 24.3 Å². The predicted octanol–water partition coefficient (Wildman–Crippen LogP) is 3.47. The van der Waals surface area contributed by atoms with Gasteiger partial charge >= 0.3 is 6.61 Å². The molecule has 2 aromatic carbocycles. The molecule has 0 saturated carbocycles. The number of hydrogen-bond acceptors (Lipinski definition) is 4. The zero-order chi connectivity index (χ0) is 21.0. The molecule has 1 saturated heterocycles. The molecule has 3 rings (SSSR count). The number of piperidine rings is 1. The Morgan fingerprint density at radius 1 is 1.14 bits per heavy atom. The average molecular weight is 428 g/mol. The highest BCUT2D eigenvalue weighted by Crippen LogP contribution is 2.28. The van der Waals surface area contributed by atoms with Crippen molar-refractivity contribution in [2.75, 3.05) is 18.4 Å². The van der Waals surface area contributed by atoms with Gasteiger partial charge in [-0.15, -0.1) is 0 Å². The smallest absolute Gasteiger partial charge is 0.387 e. The van der Waals surface area contributed by atoms with Gasteiger partial charge in [-0.05, 0) is 49.2 Å². The van der Waals surface area contributed by atoms with E-state index in [-0.39, 0.29) is 29.4 Å². The number of rotatable bonds is 6. The van der Waals surface area contributed by atoms with Crippen LogP contribution in [0.3, 0.4) is 0 Å². The lowest BCUT2D eigenvalue weighted by molar-refractivity contribution is -0.121. The largest absolute Gasteiger partial charge is 0.433 e. The van der Waals surface area contributed by atoms with Crippen molar-refractivity contribution in [3.63, 3.8) is 0 Å². The number of halogens is 3. The number of nitrogens with zero attached hydrogens (tertiary/aromatic N) is 1. The molecule has 0 aliphatic carbocycles. The molecular weight excluding hydrogens is 409 g/mol. The molecule has 0 spiro atoms. The summed E-state index contributed by atoms with van der Waals surface area (Å²) in [7, 11) is -3.88. The van der Waals surface area contributed by atoms with Gasteiger partial charge in [0.1, 0.15) is 11.6 Å². The van der Waals surface area contributed by atoms with Crippen LogP contribution in [0.2, 0.25) is 0 Å². The molecule has 0 aromatic heterocycles. The fraction of sp³-hybridized carbons (Fsp3) is 0.316. The van der Waals surface area contributed by atoms with Gasteiger partial charge in [0.2, 0.25) is 15.9 Å². The van der Waals surface area contributed by atoms with Crippen molar-refractivity contribution in [1.29, 1.82) is 0 Å². The van der Waals surface area contributed by atoms with Gasteiger partial charge in [0.15, 0.2) is 0 Å². The lowest BCUT2D eigenvalue weighted by atomic mass is 9.98. The Morgan fingerprint density at radius 2 is 1.83 bits per heavy atom. The van der Waals surface area contributed by atoms with E-state index in [1.807, 2.05) is 0 Å². The lowest BCUT2D eigenvalue weighted by Crippen LogP contribution is -2.43. The molecule has 0 radical (unpaired) electrons. The number of amides is 1. The second-order valence-electron chi connectivity index (χ2n) is 6.52. The summed E-state index contributed by atoms with van der Waals surface area (Å²) in [5.41, 5.74) is 0.0799. The third kappa shape index (κ3) is 5.07. The van der Waals surface area contributed by atoms with Crippen LogP contribution in [-0.4, -0.2) is 38.3 Å². The third-order valence-corrected chi connectivity index (χ3v) is 6.45. The summed E-state index contributed by atoms with van der Waals surface area (Å²) in [5.74, 6) is -1.89. The number of carbonyl (C=O) groups excluding carboxylic acids is 1. The highest BCUT2D eigenvalue weighted by molar-refractivity contribution is 7.89. The summed E-state index contributed by atoms with van der Waals surface area (Å²) in [6.45, 7) is -2.88. The Balaban J connectivity index is 1.72. The van der Waals surface area contributed by atoms with Gasteiger partial charge in [-0.1, -0.05) is 12.1 Å². The Hall–Kier alpha value is -2.59. The minimum Gasteiger partial charge on any atom is -0.433 e. The summed E-state index contributed by atoms with van der Waals surface area (Å²) in [6, 6.07) is 10.2. The second-order valence-corrected chi connectivity index (χ2v) is 8.46. The summed E-state index contributed by atoms with van der Waals surface area (Å²) >= 11 is 0. The number of benzene rings is 2. The van der Waals surface area contributed by atoms with Gasteiger partial charge < -0.3 is 10.1 Å². The van der Waals surface area contributed by atoms with Crippen LogP contribution in [0, 0.1) is 11.7 Å². The van der Waals surface area contributed by atoms with Crippen LogP contribution in [-0.2, 0) is 14.8 Å². The highest BCUT2D eigenvalue weighted by Gasteiger charge is 2.33. The van der Waals surface area contributed by atoms with Crippen LogP contribution < -0.4 is 10.1 Å². The summed E-state index contributed by atoms with van der Waals surface area (Å²) in [6.07, 6.45) is 0.896. The number of nitrogens with one attached hydrogen (secondary N) is 1. The Morgan fingerprint density at radius 3 is 2.52 bits per heavy atom. The van der Waals surface area contributed by atoms with Gasteiger partial charge in [-0.3, -0.25) is 4.79 Å². The monoisotopic (exact) mass is 428 g/mol. The number of alkyl halides is 2. The van der Waals surface area contributed by atoms with Crippen molar-refractivity contribution in [2.24, 2.45) is 5.92 Å². The molecule has 1 fully saturated rings. The van der Waals surface area contributed by atoms with Crippen LogP contribution in [0.15, 0.2) is 53.4 Å². The topological polar surface area (TPSA) is 75.7 Å². The van der Waals surface area contributed by atoms with E-state index in [9.17, 15) is 26.4 Å². The van der Waals surface area contributed by atoms with Crippen LogP contribution in [0.1, 0.15) is 12.8 Å². The Kier molecular flexibility index (Phi) is 6.43. The fourth-order valence-corrected chi connectivity index (χ4v) is 4.66. The van der Waals surface area contributed by atoms with E-state index in [4.69, 9.17) is 0 Å². The fourth-order valence-electron chi connectivity index (χ4n) is 3.13. The van der Waals surface area contributed by atoms with Crippen molar-refractivity contribution < 1.29 is 31.1 Å². The quantitative estimate of drug-likeness (QED) is 0.765. The molecule has 1 amide bonds. The van der Waals surface area contributed by atoms with Gasteiger partial charge in [0.25, 0.3) is 0 Å². The maximum Gasteiger partial charge on any atom is 0.387 e. The summed E-state index contributed by atoms with van der Waals surface area (Å²) < 4.78 is 69.2. The van der Waals surface area contributed by atoms with Gasteiger partial charge in [-0.2, -0.15) is 13.1 Å². The van der Waals surface area contributed by atoms with E-state index in [2.05, 4.69) is 10.1 Å². The number of hydrogen-bond donors (Lipinski definition) is 1. The number of ether oxygens (including phenoxy) is 1. The van der Waals surface area contributed by atoms with E-state index >= 15 is 0 Å². The van der Waals surface area contributed by atoms with Crippen molar-refractivity contribution in [3.8, 4) is 5.75 Å². The van der Waals surface area contributed by atoms with Crippen LogP contribution >= 0.6 is 0 Å². The standard InChI is InChI=1S/C19H19F3N2O4S/c20-14-7-9-15(10-8-14)29(26,27)24-11-3-4-13(12-24)18(25)23-16-5-1-2-6-17(16)28-19(21)22/h1-2,5-10,13,19H,3-4,11-12H2,(H,23,25)/t13-/m0/s1. The SMILES string of the molecule is O=C(Nc1ccccc1OC(F)F)[C@H]1CCCN(S(=O)(=O)c2ccc(F)cc2)C1. The van der Waals surface area contributed by atoms with Crippen molar-refractivity contribution in [3.05, 3.63) is 54.3 Å². The van der Waals surface area contributed by atoms with E-state index in [1.165, 1.54) is 34.6 Å². The lowest BCUT2D eigenvalue weighted by Gasteiger charge is -2.31. The highest BCUT2D eigenvalue weighted by atomic mass is 32.2. The molecular formula is C19H19F3N2O4S. The molecule has 1 atom stereocenters. The molecule has 10 heteroatoms. The van der Waals surface area contributed by atoms with E-state index in [0.29, 0.717) is 12.8 Å². The zero-order valence-electron chi connectivity index (χ0n) is 15.2. The molecule has 2 aromatic rings. The van der Waals surface area contributed by atoms with Crippen molar-refractivity contribution in [1.82, 2.24) is 4.31 Å². The summed E-state index contributed by atoms with van der Waals surface area (Å²) in [5, 5.41) is 2.54. The molecule has 29 heavy (non-hydrogen) atoms. The maximum absolute atomic E-state index is 13.1. The zero-order valence-corrected chi connectivity index (χ0v) is 16.0. The first-order valence-corrected chi connectivity index (χ1v) is 10.3. The average Bonchev–Trinajstić information content (AvgIpc) is 2.69. The van der Waals surface area contributed by atoms with Gasteiger partial charge in [0.05, 0.1) is 16.5 Å². The molecule has 0 unspecified atom stereocenters. The number of anilines is 1. The summed E-state index contributed by atoms with van der Waals surface area (Å²) in [4.78, 5) is 12.6. The molecule has 0 bridgehead atoms. The number of sulfonamides is 1. The van der Waals surface area contributed by atoms with Crippen LogP contribution in [0.5, 0.6) is 5.75 Å². The normalized spacial score (nSPS) is 17.9. The van der Waals surface area contributed by atoms with E-state index in [0.717, 1.165) is 12.1 Å². The van der Waals surface area contributed by atoms with Crippen LogP contribution in [0.25, 0.3) is 0 Å². The first kappa shape index (κ1) is 21.1. The molecule has 6 nitrogen and oxygen atoms in total. The first-order chi connectivity index (χ1) is 13.8. The Bertz CT molecular complexity index is 968. The maximum atomic E-state index is 13.1. The molecule has 1 heterocycles. The molecule has 1 aliphatic rings. The molecule has 1 N–H and O–H groups in total. The van der Waals surface area contributed by atoms with E-state index in [1.54, 1.807) is 6.07 Å². The second kappa shape index (κ2) is 8.83. The molecule has 156 valence electrons. The first-order valence-electron chi connectivity index (χ1n) is 8.88. The number of para-hydroxylation sites is 2. The van der Waals surface area contributed by atoms with Gasteiger partial charge in [0, 0.05) is 13.1 Å². The minimum atomic E-state index is -3.88. The minimum absolute atomic E-state index is 0.0596. The van der Waals surface area contributed by atoms with Gasteiger partial charge in [-0.25, -0.2) is 12.8 Å². The Labute approximate surface area is 166 Å². The molecule has 1 aliphatic heterocycles. The van der Waals surface area contributed by atoms with E-state index < -0.39 is 34.3 Å². The third-order valence-electron chi connectivity index (χ3n) is 4.57.